The first-order valence-electron chi connectivity index (χ1n) is 4.95. The highest BCUT2D eigenvalue weighted by Crippen LogP contribution is 2.02. The smallest absolute Gasteiger partial charge is 0.255 e. The monoisotopic (exact) mass is 216 g/mol. The van der Waals surface area contributed by atoms with Crippen LogP contribution in [0.15, 0.2) is 35.5 Å². The lowest BCUT2D eigenvalue weighted by atomic mass is 10.2. The van der Waals surface area contributed by atoms with E-state index >= 15 is 0 Å². The Bertz CT molecular complexity index is 521. The van der Waals surface area contributed by atoms with Crippen molar-refractivity contribution >= 4 is 0 Å². The highest BCUT2D eigenvalue weighted by molar-refractivity contribution is 5.16. The number of nitrogens with one attached hydrogen (secondary N) is 1. The number of nitrogens with two attached hydrogens (primary N) is 1. The molecule has 2 heterocycles. The van der Waals surface area contributed by atoms with Crippen molar-refractivity contribution in [2.24, 2.45) is 5.73 Å². The highest BCUT2D eigenvalue weighted by Gasteiger charge is 2.01. The fourth-order valence-corrected chi connectivity index (χ4v) is 1.39. The van der Waals surface area contributed by atoms with Crippen LogP contribution < -0.4 is 11.3 Å². The summed E-state index contributed by atoms with van der Waals surface area (Å²) in [5.74, 6) is 0.633. The zero-order chi connectivity index (χ0) is 11.4. The van der Waals surface area contributed by atoms with E-state index in [-0.39, 0.29) is 12.1 Å². The van der Waals surface area contributed by atoms with Gasteiger partial charge < -0.3 is 10.7 Å². The number of pyridine rings is 1. The zero-order valence-electron chi connectivity index (χ0n) is 8.68. The van der Waals surface area contributed by atoms with E-state index in [4.69, 9.17) is 5.73 Å². The fourth-order valence-electron chi connectivity index (χ4n) is 1.39. The predicted molar refractivity (Wildman–Crippen MR) is 59.8 cm³/mol. The molecule has 2 aromatic rings. The van der Waals surface area contributed by atoms with Gasteiger partial charge in [-0.3, -0.25) is 9.78 Å². The molecule has 0 atom stereocenters. The van der Waals surface area contributed by atoms with Gasteiger partial charge in [0, 0.05) is 37.1 Å². The summed E-state index contributed by atoms with van der Waals surface area (Å²) in [5.41, 5.74) is 6.77. The van der Waals surface area contributed by atoms with Crippen LogP contribution in [0.5, 0.6) is 0 Å². The third kappa shape index (κ3) is 2.32. The van der Waals surface area contributed by atoms with Gasteiger partial charge in [-0.05, 0) is 17.7 Å². The Morgan fingerprint density at radius 3 is 2.69 bits per heavy atom. The average Bonchev–Trinajstić information content (AvgIpc) is 2.31. The molecule has 0 radical (unpaired) electrons. The number of hydrogen-bond donors (Lipinski definition) is 2. The Hall–Kier alpha value is -2.01. The number of aromatic amines is 1. The first-order valence-corrected chi connectivity index (χ1v) is 4.95. The molecule has 3 N–H and O–H groups in total. The van der Waals surface area contributed by atoms with Crippen LogP contribution in [0.25, 0.3) is 0 Å². The van der Waals surface area contributed by atoms with Crippen molar-refractivity contribution in [2.75, 3.05) is 0 Å². The molecule has 5 nitrogen and oxygen atoms in total. The summed E-state index contributed by atoms with van der Waals surface area (Å²) in [5, 5.41) is 0. The van der Waals surface area contributed by atoms with Gasteiger partial charge in [-0.2, -0.15) is 0 Å². The molecule has 0 amide bonds. The van der Waals surface area contributed by atoms with Crippen molar-refractivity contribution in [3.8, 4) is 0 Å². The van der Waals surface area contributed by atoms with Crippen LogP contribution in [-0.4, -0.2) is 15.0 Å². The summed E-state index contributed by atoms with van der Waals surface area (Å²) >= 11 is 0. The molecule has 0 saturated carbocycles. The van der Waals surface area contributed by atoms with Gasteiger partial charge in [-0.25, -0.2) is 4.98 Å². The van der Waals surface area contributed by atoms with Gasteiger partial charge in [-0.1, -0.05) is 0 Å². The Labute approximate surface area is 92.4 Å². The summed E-state index contributed by atoms with van der Waals surface area (Å²) < 4.78 is 0. The number of H-pyrrole nitrogens is 1. The van der Waals surface area contributed by atoms with Crippen LogP contribution in [0, 0.1) is 0 Å². The summed E-state index contributed by atoms with van der Waals surface area (Å²) in [6.07, 6.45) is 5.53. The van der Waals surface area contributed by atoms with Crippen molar-refractivity contribution in [3.63, 3.8) is 0 Å². The number of hydrogen-bond acceptors (Lipinski definition) is 4. The molecule has 5 heteroatoms. The lowest BCUT2D eigenvalue weighted by Gasteiger charge is -2.01. The molecule has 0 unspecified atom stereocenters. The SMILES string of the molecule is NCc1cnc(Cc2ccncc2)[nH]c1=O. The molecule has 0 aromatic carbocycles. The van der Waals surface area contributed by atoms with E-state index in [1.165, 1.54) is 6.20 Å². The quantitative estimate of drug-likeness (QED) is 0.768. The molecule has 16 heavy (non-hydrogen) atoms. The molecule has 0 bridgehead atoms. The van der Waals surface area contributed by atoms with Gasteiger partial charge in [0.25, 0.3) is 5.56 Å². The second-order valence-electron chi connectivity index (χ2n) is 3.42. The number of nitrogens with zero attached hydrogens (tertiary/aromatic N) is 2. The van der Waals surface area contributed by atoms with Crippen molar-refractivity contribution in [1.29, 1.82) is 0 Å². The Morgan fingerprint density at radius 2 is 2.06 bits per heavy atom. The maximum atomic E-state index is 11.5. The van der Waals surface area contributed by atoms with Crippen LogP contribution in [0.1, 0.15) is 17.0 Å². The Kier molecular flexibility index (Phi) is 3.07. The minimum atomic E-state index is -0.165. The molecule has 0 saturated heterocycles. The first kappa shape index (κ1) is 10.5. The molecule has 2 rings (SSSR count). The molecular weight excluding hydrogens is 204 g/mol. The molecule has 0 aliphatic rings. The predicted octanol–water partition coefficient (Wildman–Crippen LogP) is 0.214. The molecule has 2 aromatic heterocycles. The van der Waals surface area contributed by atoms with Gasteiger partial charge in [0.05, 0.1) is 0 Å². The molecule has 0 spiro atoms. The van der Waals surface area contributed by atoms with Crippen LogP contribution in [-0.2, 0) is 13.0 Å². The molecule has 0 fully saturated rings. The molecule has 0 aliphatic carbocycles. The van der Waals surface area contributed by atoms with Crippen LogP contribution in [0.4, 0.5) is 0 Å². The molecular formula is C11H12N4O. The van der Waals surface area contributed by atoms with Crippen molar-refractivity contribution in [2.45, 2.75) is 13.0 Å². The van der Waals surface area contributed by atoms with Gasteiger partial charge >= 0.3 is 0 Å². The van der Waals surface area contributed by atoms with E-state index in [2.05, 4.69) is 15.0 Å². The van der Waals surface area contributed by atoms with Crippen LogP contribution in [0.2, 0.25) is 0 Å². The lowest BCUT2D eigenvalue weighted by molar-refractivity contribution is 0.896. The topological polar surface area (TPSA) is 84.7 Å². The van der Waals surface area contributed by atoms with E-state index in [0.29, 0.717) is 17.8 Å². The summed E-state index contributed by atoms with van der Waals surface area (Å²) in [6, 6.07) is 3.77. The largest absolute Gasteiger partial charge is 0.326 e. The summed E-state index contributed by atoms with van der Waals surface area (Å²) in [6.45, 7) is 0.206. The second kappa shape index (κ2) is 4.67. The minimum Gasteiger partial charge on any atom is -0.326 e. The maximum absolute atomic E-state index is 11.5. The van der Waals surface area contributed by atoms with Gasteiger partial charge in [0.15, 0.2) is 0 Å². The standard InChI is InChI=1S/C11H12N4O/c12-6-9-7-14-10(15-11(9)16)5-8-1-3-13-4-2-8/h1-4,7H,5-6,12H2,(H,14,15,16). The second-order valence-corrected chi connectivity index (χ2v) is 3.42. The van der Waals surface area contributed by atoms with E-state index in [9.17, 15) is 4.79 Å². The van der Waals surface area contributed by atoms with Gasteiger partial charge in [0.1, 0.15) is 5.82 Å². The van der Waals surface area contributed by atoms with Crippen LogP contribution in [0.3, 0.4) is 0 Å². The van der Waals surface area contributed by atoms with Crippen molar-refractivity contribution in [3.05, 3.63) is 58.0 Å². The van der Waals surface area contributed by atoms with Gasteiger partial charge in [-0.15, -0.1) is 0 Å². The number of aromatic nitrogens is 3. The zero-order valence-corrected chi connectivity index (χ0v) is 8.68. The molecule has 82 valence electrons. The van der Waals surface area contributed by atoms with E-state index < -0.39 is 0 Å². The highest BCUT2D eigenvalue weighted by atomic mass is 16.1. The average molecular weight is 216 g/mol. The minimum absolute atomic E-state index is 0.165. The molecule has 0 aliphatic heterocycles. The van der Waals surface area contributed by atoms with Gasteiger partial charge in [0.2, 0.25) is 0 Å². The number of rotatable bonds is 3. The van der Waals surface area contributed by atoms with E-state index in [0.717, 1.165) is 5.56 Å². The van der Waals surface area contributed by atoms with Crippen molar-refractivity contribution < 1.29 is 0 Å². The third-order valence-corrected chi connectivity index (χ3v) is 2.27. The Balaban J connectivity index is 2.23. The maximum Gasteiger partial charge on any atom is 0.255 e. The van der Waals surface area contributed by atoms with E-state index in [1.807, 2.05) is 12.1 Å². The van der Waals surface area contributed by atoms with Crippen molar-refractivity contribution in [1.82, 2.24) is 15.0 Å². The normalized spacial score (nSPS) is 10.3. The first-order chi connectivity index (χ1) is 7.79. The van der Waals surface area contributed by atoms with E-state index in [1.54, 1.807) is 12.4 Å². The lowest BCUT2D eigenvalue weighted by Crippen LogP contribution is -2.18. The summed E-state index contributed by atoms with van der Waals surface area (Å²) in [7, 11) is 0. The third-order valence-electron chi connectivity index (χ3n) is 2.27. The summed E-state index contributed by atoms with van der Waals surface area (Å²) in [4.78, 5) is 22.3. The Morgan fingerprint density at radius 1 is 1.31 bits per heavy atom. The fraction of sp³-hybridized carbons (Fsp3) is 0.182. The van der Waals surface area contributed by atoms with Crippen LogP contribution >= 0.6 is 0 Å².